The fourth-order valence-electron chi connectivity index (χ4n) is 9.75. The fraction of sp³-hybridized carbons (Fsp3) is 0. The van der Waals surface area contributed by atoms with Gasteiger partial charge >= 0.3 is 0 Å². The van der Waals surface area contributed by atoms with E-state index < -0.39 is 0 Å². The van der Waals surface area contributed by atoms with E-state index >= 15 is 0 Å². The average molecular weight is 741 g/mol. The van der Waals surface area contributed by atoms with Gasteiger partial charge in [0.1, 0.15) is 0 Å². The summed E-state index contributed by atoms with van der Waals surface area (Å²) in [6.45, 7) is 0. The first kappa shape index (κ1) is 31.1. The summed E-state index contributed by atoms with van der Waals surface area (Å²) in [5, 5.41) is 15.3. The van der Waals surface area contributed by atoms with E-state index in [2.05, 4.69) is 203 Å². The van der Waals surface area contributed by atoms with E-state index in [0.717, 1.165) is 5.69 Å². The first-order valence-corrected chi connectivity index (χ1v) is 20.4. The van der Waals surface area contributed by atoms with Gasteiger partial charge in [0.2, 0.25) is 0 Å². The van der Waals surface area contributed by atoms with Crippen molar-refractivity contribution in [1.82, 2.24) is 9.13 Å². The molecule has 10 aromatic carbocycles. The molecule has 0 atom stereocenters. The van der Waals surface area contributed by atoms with E-state index in [1.54, 1.807) is 0 Å². The topological polar surface area (TPSA) is 9.86 Å². The maximum atomic E-state index is 2.46. The third kappa shape index (κ3) is 4.40. The molecule has 57 heavy (non-hydrogen) atoms. The number of para-hydroxylation sites is 3. The molecule has 3 aromatic heterocycles. The molecule has 0 N–H and O–H groups in total. The fourth-order valence-corrected chi connectivity index (χ4v) is 10.8. The lowest BCUT2D eigenvalue weighted by Gasteiger charge is -2.15. The van der Waals surface area contributed by atoms with Crippen LogP contribution in [0.5, 0.6) is 0 Å². The highest BCUT2D eigenvalue weighted by Crippen LogP contribution is 2.42. The van der Waals surface area contributed by atoms with Crippen molar-refractivity contribution in [3.63, 3.8) is 0 Å². The second-order valence-corrected chi connectivity index (χ2v) is 16.4. The van der Waals surface area contributed by atoms with Crippen molar-refractivity contribution in [2.75, 3.05) is 0 Å². The van der Waals surface area contributed by atoms with Gasteiger partial charge in [-0.2, -0.15) is 0 Å². The Morgan fingerprint density at radius 2 is 0.649 bits per heavy atom. The van der Waals surface area contributed by atoms with Gasteiger partial charge in [0.05, 0.1) is 22.1 Å². The molecule has 0 bridgehead atoms. The predicted molar refractivity (Wildman–Crippen MR) is 246 cm³/mol. The Hall–Kier alpha value is -7.20. The SMILES string of the molecule is c1ccc2c(c1)sc1ccc(-c3ccc4c5ccccc5c5ccc(-n6c7ccccc7c7cc(-n8c9ccccc9c9ccccc98)ccc76)cc5c4c3)cc12. The van der Waals surface area contributed by atoms with E-state index in [4.69, 9.17) is 0 Å². The van der Waals surface area contributed by atoms with Crippen molar-refractivity contribution in [2.24, 2.45) is 0 Å². The molecule has 0 amide bonds. The van der Waals surface area contributed by atoms with Crippen LogP contribution in [0.15, 0.2) is 194 Å². The molecule has 3 heterocycles. The third-order valence-corrected chi connectivity index (χ3v) is 13.4. The summed E-state index contributed by atoms with van der Waals surface area (Å²) < 4.78 is 7.54. The van der Waals surface area contributed by atoms with Gasteiger partial charge in [-0.25, -0.2) is 0 Å². The molecule has 2 nitrogen and oxygen atoms in total. The van der Waals surface area contributed by atoms with E-state index in [9.17, 15) is 0 Å². The molecule has 13 rings (SSSR count). The Bertz CT molecular complexity index is 3770. The first-order valence-electron chi connectivity index (χ1n) is 19.6. The summed E-state index contributed by atoms with van der Waals surface area (Å²) in [6, 6.07) is 72.1. The minimum absolute atomic E-state index is 1.16. The largest absolute Gasteiger partial charge is 0.309 e. The smallest absolute Gasteiger partial charge is 0.0542 e. The molecule has 0 saturated heterocycles. The second-order valence-electron chi connectivity index (χ2n) is 15.3. The van der Waals surface area contributed by atoms with Crippen LogP contribution in [0.4, 0.5) is 0 Å². The maximum absolute atomic E-state index is 2.46. The molecule has 0 aliphatic carbocycles. The standard InChI is InChI=1S/C54H32N2S/c1-2-12-38-37(11-1)39-25-21-33(34-22-28-54-48(30-34)44-16-6-10-20-53(44)57-54)29-45(39)46-31-35(23-26-40(38)46)56-51-19-9-5-15-43(51)47-32-36(24-27-52(47)56)55-49-17-7-3-13-41(49)42-14-4-8-18-50(42)55/h1-32H. The maximum Gasteiger partial charge on any atom is 0.0542 e. The van der Waals surface area contributed by atoms with E-state index in [1.165, 1.54) is 113 Å². The monoisotopic (exact) mass is 740 g/mol. The molecule has 0 fully saturated rings. The summed E-state index contributed by atoms with van der Waals surface area (Å²) in [5.74, 6) is 0. The highest BCUT2D eigenvalue weighted by Gasteiger charge is 2.18. The van der Waals surface area contributed by atoms with Gasteiger partial charge in [-0.1, -0.05) is 121 Å². The minimum Gasteiger partial charge on any atom is -0.309 e. The molecular formula is C54H32N2S. The van der Waals surface area contributed by atoms with Gasteiger partial charge < -0.3 is 9.13 Å². The number of hydrogen-bond donors (Lipinski definition) is 0. The van der Waals surface area contributed by atoms with Crippen molar-refractivity contribution in [3.8, 4) is 22.5 Å². The molecule has 0 spiro atoms. The van der Waals surface area contributed by atoms with Crippen molar-refractivity contribution < 1.29 is 0 Å². The Labute approximate surface area is 331 Å². The summed E-state index contributed by atoms with van der Waals surface area (Å²) in [7, 11) is 0. The molecule has 0 unspecified atom stereocenters. The Kier molecular flexibility index (Phi) is 6.35. The number of hydrogen-bond acceptors (Lipinski definition) is 1. The molecule has 0 saturated carbocycles. The highest BCUT2D eigenvalue weighted by atomic mass is 32.1. The molecule has 264 valence electrons. The zero-order valence-electron chi connectivity index (χ0n) is 30.8. The molecular weight excluding hydrogens is 709 g/mol. The van der Waals surface area contributed by atoms with Crippen molar-refractivity contribution in [1.29, 1.82) is 0 Å². The summed E-state index contributed by atoms with van der Waals surface area (Å²) >= 11 is 1.87. The molecule has 0 aliphatic rings. The zero-order chi connectivity index (χ0) is 37.2. The van der Waals surface area contributed by atoms with Crippen LogP contribution in [0.2, 0.25) is 0 Å². The van der Waals surface area contributed by atoms with Crippen LogP contribution in [0.1, 0.15) is 0 Å². The molecule has 0 aliphatic heterocycles. The number of aromatic nitrogens is 2. The van der Waals surface area contributed by atoms with Crippen LogP contribution in [-0.2, 0) is 0 Å². The third-order valence-electron chi connectivity index (χ3n) is 12.3. The van der Waals surface area contributed by atoms with Crippen LogP contribution in [0, 0.1) is 0 Å². The van der Waals surface area contributed by atoms with E-state index in [1.807, 2.05) is 11.3 Å². The number of nitrogens with zero attached hydrogens (tertiary/aromatic N) is 2. The van der Waals surface area contributed by atoms with Crippen molar-refractivity contribution in [3.05, 3.63) is 194 Å². The number of rotatable bonds is 3. The highest BCUT2D eigenvalue weighted by molar-refractivity contribution is 7.25. The van der Waals surface area contributed by atoms with Gasteiger partial charge in [0, 0.05) is 53.1 Å². The average Bonchev–Trinajstić information content (AvgIpc) is 3.93. The quantitative estimate of drug-likeness (QED) is 0.160. The number of benzene rings is 10. The molecule has 3 heteroatoms. The van der Waals surface area contributed by atoms with E-state index in [0.29, 0.717) is 0 Å². The predicted octanol–water partition coefficient (Wildman–Crippen LogP) is 15.4. The summed E-state index contributed by atoms with van der Waals surface area (Å²) in [6.07, 6.45) is 0. The Morgan fingerprint density at radius 1 is 0.246 bits per heavy atom. The Balaban J connectivity index is 1.05. The van der Waals surface area contributed by atoms with Gasteiger partial charge in [0.25, 0.3) is 0 Å². The summed E-state index contributed by atoms with van der Waals surface area (Å²) in [4.78, 5) is 0. The second kappa shape index (κ2) is 11.7. The van der Waals surface area contributed by atoms with Crippen LogP contribution in [-0.4, -0.2) is 9.13 Å². The lowest BCUT2D eigenvalue weighted by atomic mass is 9.91. The number of fused-ring (bicyclic) bond motifs is 15. The lowest BCUT2D eigenvalue weighted by molar-refractivity contribution is 1.17. The van der Waals surface area contributed by atoms with Crippen LogP contribution in [0.3, 0.4) is 0 Å². The summed E-state index contributed by atoms with van der Waals surface area (Å²) in [5.41, 5.74) is 9.64. The van der Waals surface area contributed by atoms with Crippen LogP contribution in [0.25, 0.3) is 119 Å². The normalized spacial score (nSPS) is 12.2. The Morgan fingerprint density at radius 3 is 1.30 bits per heavy atom. The van der Waals surface area contributed by atoms with Crippen LogP contribution < -0.4 is 0 Å². The van der Waals surface area contributed by atoms with Gasteiger partial charge in [0.15, 0.2) is 0 Å². The molecule has 13 aromatic rings. The van der Waals surface area contributed by atoms with Crippen molar-refractivity contribution >= 4 is 107 Å². The number of thiophene rings is 1. The van der Waals surface area contributed by atoms with Crippen LogP contribution >= 0.6 is 11.3 Å². The van der Waals surface area contributed by atoms with Crippen molar-refractivity contribution in [2.45, 2.75) is 0 Å². The first-order chi connectivity index (χ1) is 28.3. The van der Waals surface area contributed by atoms with Gasteiger partial charge in [-0.3, -0.25) is 0 Å². The molecule has 0 radical (unpaired) electrons. The van der Waals surface area contributed by atoms with Gasteiger partial charge in [-0.15, -0.1) is 11.3 Å². The minimum atomic E-state index is 1.16. The van der Waals surface area contributed by atoms with Gasteiger partial charge in [-0.05, 0) is 116 Å². The van der Waals surface area contributed by atoms with E-state index in [-0.39, 0.29) is 0 Å². The zero-order valence-corrected chi connectivity index (χ0v) is 31.6. The lowest BCUT2D eigenvalue weighted by Crippen LogP contribution is -1.96.